The van der Waals surface area contributed by atoms with Crippen LogP contribution in [0, 0.1) is 11.3 Å². The number of allylic oxidation sites excluding steroid dienone is 1. The number of rotatable bonds is 1. The van der Waals surface area contributed by atoms with Gasteiger partial charge in [-0.05, 0) is 5.92 Å². The predicted octanol–water partition coefficient (Wildman–Crippen LogP) is 2.73. The molecular weight excluding hydrogens is 174 g/mol. The fourth-order valence-electron chi connectivity index (χ4n) is 1.35. The minimum absolute atomic E-state index is 0.0285. The van der Waals surface area contributed by atoms with Crippen molar-refractivity contribution in [1.82, 2.24) is 9.78 Å². The Hall–Kier alpha value is -1.38. The largest absolute Gasteiger partial charge is 0.241 e. The second-order valence-electron chi connectivity index (χ2n) is 4.23. The maximum Gasteiger partial charge on any atom is 0.154 e. The van der Waals surface area contributed by atoms with Crippen LogP contribution >= 0.6 is 0 Å². The molecule has 0 saturated heterocycles. The molecule has 0 bridgehead atoms. The SMILES string of the molecule is CC(C)C1(C)C=Cn2nccc2N=C1. The number of aromatic nitrogens is 2. The molecule has 0 saturated carbocycles. The van der Waals surface area contributed by atoms with E-state index in [9.17, 15) is 0 Å². The fourth-order valence-corrected chi connectivity index (χ4v) is 1.35. The van der Waals surface area contributed by atoms with Gasteiger partial charge in [-0.3, -0.25) is 0 Å². The summed E-state index contributed by atoms with van der Waals surface area (Å²) in [6, 6.07) is 1.91. The summed E-state index contributed by atoms with van der Waals surface area (Å²) >= 11 is 0. The van der Waals surface area contributed by atoms with Gasteiger partial charge in [-0.1, -0.05) is 26.8 Å². The van der Waals surface area contributed by atoms with Gasteiger partial charge in [0, 0.05) is 23.9 Å². The van der Waals surface area contributed by atoms with Crippen molar-refractivity contribution in [2.45, 2.75) is 20.8 Å². The number of nitrogens with zero attached hydrogens (tertiary/aromatic N) is 3. The molecular formula is C11H15N3. The third kappa shape index (κ3) is 1.39. The van der Waals surface area contributed by atoms with E-state index < -0.39 is 0 Å². The number of hydrogen-bond donors (Lipinski definition) is 0. The van der Waals surface area contributed by atoms with Gasteiger partial charge in [0.05, 0.1) is 6.20 Å². The summed E-state index contributed by atoms with van der Waals surface area (Å²) in [4.78, 5) is 4.43. The molecule has 1 aromatic heterocycles. The van der Waals surface area contributed by atoms with Crippen LogP contribution in [0.5, 0.6) is 0 Å². The molecule has 0 radical (unpaired) electrons. The minimum atomic E-state index is 0.0285. The Morgan fingerprint density at radius 3 is 2.93 bits per heavy atom. The molecule has 2 heterocycles. The molecule has 74 valence electrons. The molecule has 0 fully saturated rings. The zero-order valence-electron chi connectivity index (χ0n) is 8.81. The first-order valence-electron chi connectivity index (χ1n) is 4.90. The number of fused-ring (bicyclic) bond motifs is 1. The van der Waals surface area contributed by atoms with Crippen molar-refractivity contribution in [2.24, 2.45) is 16.3 Å². The number of hydrogen-bond acceptors (Lipinski definition) is 2. The minimum Gasteiger partial charge on any atom is -0.241 e. The van der Waals surface area contributed by atoms with Crippen LogP contribution in [-0.4, -0.2) is 16.0 Å². The van der Waals surface area contributed by atoms with Gasteiger partial charge in [0.25, 0.3) is 0 Å². The highest BCUT2D eigenvalue weighted by Gasteiger charge is 2.24. The Morgan fingerprint density at radius 1 is 1.43 bits per heavy atom. The van der Waals surface area contributed by atoms with Crippen molar-refractivity contribution >= 4 is 18.2 Å². The van der Waals surface area contributed by atoms with Crippen molar-refractivity contribution in [1.29, 1.82) is 0 Å². The average Bonchev–Trinajstić information content (AvgIpc) is 2.53. The van der Waals surface area contributed by atoms with Crippen LogP contribution in [-0.2, 0) is 0 Å². The summed E-state index contributed by atoms with van der Waals surface area (Å²) in [7, 11) is 0. The molecule has 1 aromatic rings. The van der Waals surface area contributed by atoms with E-state index in [-0.39, 0.29) is 5.41 Å². The Bertz CT molecular complexity index is 356. The monoisotopic (exact) mass is 189 g/mol. The smallest absolute Gasteiger partial charge is 0.154 e. The number of aliphatic imine (C=N–C) groups is 1. The van der Waals surface area contributed by atoms with Crippen molar-refractivity contribution in [3.8, 4) is 0 Å². The van der Waals surface area contributed by atoms with Gasteiger partial charge in [0.15, 0.2) is 5.82 Å². The van der Waals surface area contributed by atoms with E-state index in [0.29, 0.717) is 5.92 Å². The van der Waals surface area contributed by atoms with Gasteiger partial charge in [-0.2, -0.15) is 5.10 Å². The van der Waals surface area contributed by atoms with E-state index in [1.165, 1.54) is 0 Å². The van der Waals surface area contributed by atoms with Crippen LogP contribution in [0.3, 0.4) is 0 Å². The molecule has 3 heteroatoms. The van der Waals surface area contributed by atoms with Crippen molar-refractivity contribution < 1.29 is 0 Å². The lowest BCUT2D eigenvalue weighted by Gasteiger charge is -2.24. The standard InChI is InChI=1S/C11H15N3/c1-9(2)11(3)5-7-14-10(12-8-11)4-6-13-14/h4-9H,1-3H3. The molecule has 3 nitrogen and oxygen atoms in total. The molecule has 1 unspecified atom stereocenters. The molecule has 1 atom stereocenters. The summed E-state index contributed by atoms with van der Waals surface area (Å²) in [5.41, 5.74) is 0.0285. The van der Waals surface area contributed by atoms with E-state index in [2.05, 4.69) is 36.9 Å². The molecule has 0 aliphatic carbocycles. The molecule has 2 rings (SSSR count). The predicted molar refractivity (Wildman–Crippen MR) is 58.7 cm³/mol. The van der Waals surface area contributed by atoms with E-state index in [1.54, 1.807) is 10.9 Å². The molecule has 14 heavy (non-hydrogen) atoms. The fraction of sp³-hybridized carbons (Fsp3) is 0.455. The van der Waals surface area contributed by atoms with Crippen molar-refractivity contribution in [2.75, 3.05) is 0 Å². The van der Waals surface area contributed by atoms with Crippen LogP contribution in [0.1, 0.15) is 20.8 Å². The van der Waals surface area contributed by atoms with Crippen LogP contribution in [0.15, 0.2) is 23.3 Å². The van der Waals surface area contributed by atoms with Crippen LogP contribution < -0.4 is 0 Å². The summed E-state index contributed by atoms with van der Waals surface area (Å²) in [6.07, 6.45) is 7.91. The van der Waals surface area contributed by atoms with Gasteiger partial charge in [0.2, 0.25) is 0 Å². The van der Waals surface area contributed by atoms with Crippen molar-refractivity contribution in [3.63, 3.8) is 0 Å². The highest BCUT2D eigenvalue weighted by atomic mass is 15.3. The quantitative estimate of drug-likeness (QED) is 0.668. The highest BCUT2D eigenvalue weighted by molar-refractivity contribution is 5.74. The summed E-state index contributed by atoms with van der Waals surface area (Å²) < 4.78 is 1.80. The first kappa shape index (κ1) is 9.19. The lowest BCUT2D eigenvalue weighted by molar-refractivity contribution is 0.425. The van der Waals surface area contributed by atoms with Gasteiger partial charge in [0.1, 0.15) is 0 Å². The third-order valence-corrected chi connectivity index (χ3v) is 2.94. The summed E-state index contributed by atoms with van der Waals surface area (Å²) in [6.45, 7) is 6.58. The normalized spacial score (nSPS) is 25.1. The van der Waals surface area contributed by atoms with Crippen LogP contribution in [0.25, 0.3) is 6.20 Å². The molecule has 1 aliphatic rings. The van der Waals surface area contributed by atoms with E-state index in [1.807, 2.05) is 18.5 Å². The van der Waals surface area contributed by atoms with Crippen LogP contribution in [0.4, 0.5) is 5.82 Å². The van der Waals surface area contributed by atoms with Crippen molar-refractivity contribution in [3.05, 3.63) is 18.3 Å². The first-order valence-corrected chi connectivity index (χ1v) is 4.90. The Morgan fingerprint density at radius 2 is 2.21 bits per heavy atom. The third-order valence-electron chi connectivity index (χ3n) is 2.94. The van der Waals surface area contributed by atoms with Gasteiger partial charge >= 0.3 is 0 Å². The van der Waals surface area contributed by atoms with Crippen LogP contribution in [0.2, 0.25) is 0 Å². The molecule has 0 aromatic carbocycles. The van der Waals surface area contributed by atoms with E-state index in [0.717, 1.165) is 5.82 Å². The molecule has 1 aliphatic heterocycles. The Labute approximate surface area is 84.2 Å². The zero-order chi connectivity index (χ0) is 10.2. The highest BCUT2D eigenvalue weighted by Crippen LogP contribution is 2.30. The Balaban J connectivity index is 2.42. The first-order chi connectivity index (χ1) is 6.62. The topological polar surface area (TPSA) is 30.2 Å². The second-order valence-corrected chi connectivity index (χ2v) is 4.23. The van der Waals surface area contributed by atoms with Gasteiger partial charge < -0.3 is 0 Å². The Kier molecular flexibility index (Phi) is 2.02. The van der Waals surface area contributed by atoms with Gasteiger partial charge in [-0.15, -0.1) is 0 Å². The zero-order valence-corrected chi connectivity index (χ0v) is 8.81. The summed E-state index contributed by atoms with van der Waals surface area (Å²) in [5.74, 6) is 1.43. The van der Waals surface area contributed by atoms with E-state index >= 15 is 0 Å². The maximum atomic E-state index is 4.43. The maximum absolute atomic E-state index is 4.43. The lowest BCUT2D eigenvalue weighted by Crippen LogP contribution is -2.21. The summed E-state index contributed by atoms with van der Waals surface area (Å²) in [5, 5.41) is 4.16. The molecule has 0 N–H and O–H groups in total. The lowest BCUT2D eigenvalue weighted by atomic mass is 9.80. The van der Waals surface area contributed by atoms with Gasteiger partial charge in [-0.25, -0.2) is 9.67 Å². The molecule has 0 amide bonds. The second kappa shape index (κ2) is 3.08. The molecule has 0 spiro atoms. The van der Waals surface area contributed by atoms with E-state index in [4.69, 9.17) is 0 Å². The average molecular weight is 189 g/mol.